The van der Waals surface area contributed by atoms with Crippen molar-refractivity contribution in [2.45, 2.75) is 38.9 Å². The fourth-order valence-electron chi connectivity index (χ4n) is 0.773. The first-order valence-corrected chi connectivity index (χ1v) is 6.30. The van der Waals surface area contributed by atoms with Crippen LogP contribution in [0, 0.1) is 0 Å². The molecular weight excluding hydrogens is 204 g/mol. The summed E-state index contributed by atoms with van der Waals surface area (Å²) in [6.45, 7) is 6.86. The van der Waals surface area contributed by atoms with Crippen LogP contribution in [-0.2, 0) is 19.4 Å². The number of hydrogen-bond acceptors (Lipinski definition) is 4. The van der Waals surface area contributed by atoms with E-state index in [1.54, 1.807) is 27.7 Å². The lowest BCUT2D eigenvalue weighted by atomic mass is 10.1. The Morgan fingerprint density at radius 2 is 1.79 bits per heavy atom. The molecule has 0 saturated carbocycles. The molecule has 0 aliphatic heterocycles. The first-order chi connectivity index (χ1) is 6.27. The maximum Gasteiger partial charge on any atom is 0.321 e. The largest absolute Gasteiger partial charge is 0.465 e. The number of carbonyl (C=O) groups is 1. The van der Waals surface area contributed by atoms with E-state index >= 15 is 0 Å². The normalized spacial score (nSPS) is 12.6. The lowest BCUT2D eigenvalue weighted by Crippen LogP contribution is -2.36. The molecule has 0 saturated heterocycles. The van der Waals surface area contributed by atoms with Crippen molar-refractivity contribution in [3.8, 4) is 0 Å². The van der Waals surface area contributed by atoms with E-state index in [1.165, 1.54) is 0 Å². The molecule has 0 aromatic carbocycles. The monoisotopic (exact) mass is 222 g/mol. The first kappa shape index (κ1) is 13.4. The van der Waals surface area contributed by atoms with Gasteiger partial charge in [-0.2, -0.15) is 0 Å². The zero-order valence-electron chi connectivity index (χ0n) is 9.16. The van der Waals surface area contributed by atoms with Crippen molar-refractivity contribution in [1.29, 1.82) is 0 Å². The third-order valence-corrected chi connectivity index (χ3v) is 4.89. The average Bonchev–Trinajstić information content (AvgIpc) is 2.03. The minimum Gasteiger partial charge on any atom is -0.465 e. The van der Waals surface area contributed by atoms with Crippen molar-refractivity contribution in [3.05, 3.63) is 0 Å². The molecule has 0 aliphatic rings. The van der Waals surface area contributed by atoms with E-state index in [9.17, 15) is 13.2 Å². The maximum atomic E-state index is 11.7. The van der Waals surface area contributed by atoms with Gasteiger partial charge in [-0.25, -0.2) is 8.42 Å². The molecule has 0 radical (unpaired) electrons. The van der Waals surface area contributed by atoms with Gasteiger partial charge in [0, 0.05) is 0 Å². The van der Waals surface area contributed by atoms with Crippen LogP contribution >= 0.6 is 0 Å². The molecule has 14 heavy (non-hydrogen) atoms. The molecule has 0 amide bonds. The Hall–Kier alpha value is -0.580. The summed E-state index contributed by atoms with van der Waals surface area (Å²) in [4.78, 5) is 11.0. The summed E-state index contributed by atoms with van der Waals surface area (Å²) in [6.07, 6.45) is 0.481. The van der Waals surface area contributed by atoms with E-state index in [2.05, 4.69) is 4.74 Å². The van der Waals surface area contributed by atoms with Gasteiger partial charge in [0.1, 0.15) is 5.75 Å². The molecule has 0 N–H and O–H groups in total. The summed E-state index contributed by atoms with van der Waals surface area (Å²) in [5.74, 6) is -1.20. The predicted molar refractivity (Wildman–Crippen MR) is 54.8 cm³/mol. The Morgan fingerprint density at radius 1 is 1.29 bits per heavy atom. The van der Waals surface area contributed by atoms with Crippen LogP contribution in [0.25, 0.3) is 0 Å². The molecular formula is C9H18O4S. The van der Waals surface area contributed by atoms with E-state index in [1.807, 2.05) is 0 Å². The van der Waals surface area contributed by atoms with Crippen LogP contribution in [0.4, 0.5) is 0 Å². The Balaban J connectivity index is 4.59. The molecule has 0 fully saturated rings. The smallest absolute Gasteiger partial charge is 0.321 e. The maximum absolute atomic E-state index is 11.7. The van der Waals surface area contributed by atoms with Crippen LogP contribution in [0.15, 0.2) is 0 Å². The van der Waals surface area contributed by atoms with Crippen LogP contribution in [-0.4, -0.2) is 31.5 Å². The van der Waals surface area contributed by atoms with Gasteiger partial charge in [-0.15, -0.1) is 0 Å². The second-order valence-corrected chi connectivity index (χ2v) is 6.30. The molecule has 0 rings (SSSR count). The Morgan fingerprint density at radius 3 is 2.14 bits per heavy atom. The highest BCUT2D eigenvalue weighted by Gasteiger charge is 2.34. The number of carbonyl (C=O) groups excluding carboxylic acids is 1. The molecule has 0 spiro atoms. The summed E-state index contributed by atoms with van der Waals surface area (Å²) in [6, 6.07) is 0. The third kappa shape index (κ3) is 3.29. The van der Waals surface area contributed by atoms with Crippen LogP contribution in [0.5, 0.6) is 0 Å². The fourth-order valence-corrected chi connectivity index (χ4v) is 2.00. The Labute approximate surface area is 85.6 Å². The van der Waals surface area contributed by atoms with Crippen LogP contribution in [0.1, 0.15) is 34.1 Å². The summed E-state index contributed by atoms with van der Waals surface area (Å²) in [5.41, 5.74) is 0. The first-order valence-electron chi connectivity index (χ1n) is 4.64. The van der Waals surface area contributed by atoms with Gasteiger partial charge in [0.05, 0.1) is 11.4 Å². The topological polar surface area (TPSA) is 60.4 Å². The lowest BCUT2D eigenvalue weighted by Gasteiger charge is -2.22. The van der Waals surface area contributed by atoms with Crippen molar-refractivity contribution in [2.75, 3.05) is 12.4 Å². The molecule has 0 aliphatic carbocycles. The van der Waals surface area contributed by atoms with Crippen LogP contribution in [0.2, 0.25) is 0 Å². The van der Waals surface area contributed by atoms with Crippen molar-refractivity contribution in [2.24, 2.45) is 0 Å². The van der Waals surface area contributed by atoms with Crippen molar-refractivity contribution >= 4 is 15.8 Å². The van der Waals surface area contributed by atoms with E-state index in [0.717, 1.165) is 0 Å². The summed E-state index contributed by atoms with van der Waals surface area (Å²) in [7, 11) is -3.41. The highest BCUT2D eigenvalue weighted by Crippen LogP contribution is 2.21. The number of rotatable bonds is 5. The summed E-state index contributed by atoms with van der Waals surface area (Å²) in [5, 5.41) is 0. The van der Waals surface area contributed by atoms with Gasteiger partial charge >= 0.3 is 5.97 Å². The van der Waals surface area contributed by atoms with Crippen molar-refractivity contribution in [1.82, 2.24) is 0 Å². The van der Waals surface area contributed by atoms with Gasteiger partial charge in [0.15, 0.2) is 9.84 Å². The molecule has 0 heterocycles. The summed E-state index contributed by atoms with van der Waals surface area (Å²) < 4.78 is 27.1. The molecule has 0 bridgehead atoms. The third-order valence-electron chi connectivity index (χ3n) is 2.31. The minimum absolute atomic E-state index is 0.209. The Kier molecular flexibility index (Phi) is 4.58. The van der Waals surface area contributed by atoms with Gasteiger partial charge in [-0.1, -0.05) is 6.92 Å². The molecule has 0 unspecified atom stereocenters. The second kappa shape index (κ2) is 4.77. The van der Waals surface area contributed by atoms with Gasteiger partial charge < -0.3 is 4.74 Å². The van der Waals surface area contributed by atoms with E-state index in [-0.39, 0.29) is 6.61 Å². The number of ether oxygens (including phenoxy) is 1. The zero-order chi connectivity index (χ0) is 11.4. The molecule has 0 atom stereocenters. The average molecular weight is 222 g/mol. The van der Waals surface area contributed by atoms with E-state index < -0.39 is 26.3 Å². The predicted octanol–water partition coefficient (Wildman–Crippen LogP) is 1.15. The minimum atomic E-state index is -3.41. The number of esters is 1. The van der Waals surface area contributed by atoms with Crippen molar-refractivity contribution < 1.29 is 17.9 Å². The van der Waals surface area contributed by atoms with Crippen LogP contribution < -0.4 is 0 Å². The van der Waals surface area contributed by atoms with Gasteiger partial charge in [0.2, 0.25) is 0 Å². The SMILES string of the molecule is CCOC(=O)CS(=O)(=O)C(C)(C)CC. The molecule has 0 aromatic rings. The zero-order valence-corrected chi connectivity index (χ0v) is 9.98. The van der Waals surface area contributed by atoms with Gasteiger partial charge in [0.25, 0.3) is 0 Å². The molecule has 84 valence electrons. The van der Waals surface area contributed by atoms with Gasteiger partial charge in [-0.3, -0.25) is 4.79 Å². The van der Waals surface area contributed by atoms with E-state index in [0.29, 0.717) is 6.42 Å². The second-order valence-electron chi connectivity index (χ2n) is 3.68. The van der Waals surface area contributed by atoms with E-state index in [4.69, 9.17) is 0 Å². The van der Waals surface area contributed by atoms with Gasteiger partial charge in [-0.05, 0) is 27.2 Å². The highest BCUT2D eigenvalue weighted by molar-refractivity contribution is 7.93. The highest BCUT2D eigenvalue weighted by atomic mass is 32.2. The lowest BCUT2D eigenvalue weighted by molar-refractivity contribution is -0.139. The Bertz CT molecular complexity index is 290. The van der Waals surface area contributed by atoms with Crippen molar-refractivity contribution in [3.63, 3.8) is 0 Å². The molecule has 5 heteroatoms. The fraction of sp³-hybridized carbons (Fsp3) is 0.889. The molecule has 4 nitrogen and oxygen atoms in total. The standard InChI is InChI=1S/C9H18O4S/c1-5-9(3,4)14(11,12)7-8(10)13-6-2/h5-7H2,1-4H3. The quantitative estimate of drug-likeness (QED) is 0.655. The number of hydrogen-bond donors (Lipinski definition) is 0. The van der Waals surface area contributed by atoms with Crippen LogP contribution in [0.3, 0.4) is 0 Å². The molecule has 0 aromatic heterocycles. The number of sulfone groups is 1. The summed E-state index contributed by atoms with van der Waals surface area (Å²) >= 11 is 0.